The van der Waals surface area contributed by atoms with Gasteiger partial charge in [0.05, 0.1) is 17.5 Å². The molecule has 28 heavy (non-hydrogen) atoms. The molecule has 1 unspecified atom stereocenters. The third-order valence-corrected chi connectivity index (χ3v) is 4.47. The van der Waals surface area contributed by atoms with E-state index in [0.717, 1.165) is 17.4 Å². The minimum atomic E-state index is -0.981. The average Bonchev–Trinajstić information content (AvgIpc) is 2.68. The zero-order valence-electron chi connectivity index (χ0n) is 15.9. The van der Waals surface area contributed by atoms with Crippen LogP contribution < -0.4 is 21.3 Å². The summed E-state index contributed by atoms with van der Waals surface area (Å²) in [6.07, 6.45) is 1.98. The van der Waals surface area contributed by atoms with Crippen LogP contribution in [0.3, 0.4) is 0 Å². The maximum atomic E-state index is 12.7. The number of aromatic amines is 1. The van der Waals surface area contributed by atoms with Crippen molar-refractivity contribution in [3.05, 3.63) is 69.4 Å². The van der Waals surface area contributed by atoms with E-state index in [1.165, 1.54) is 6.92 Å². The number of hydrogen-bond donors (Lipinski definition) is 2. The number of carbonyl (C=O) groups is 1. The molecule has 0 fully saturated rings. The summed E-state index contributed by atoms with van der Waals surface area (Å²) in [5.74, 6) is 0.188. The van der Waals surface area contributed by atoms with E-state index in [-0.39, 0.29) is 0 Å². The van der Waals surface area contributed by atoms with Crippen LogP contribution in [0.25, 0.3) is 10.9 Å². The molecule has 3 rings (SSSR count). The standard InChI is InChI=1S/C21H23N3O4/c1-3-4-12-28-16-9-7-8-15(13-16)22-19(25)14(2)24-20(26)17-10-5-6-11-18(17)23-21(24)27/h5-11,13-14H,3-4,12H2,1-2H3,(H,22,25)(H,23,27). The van der Waals surface area contributed by atoms with Crippen molar-refractivity contribution in [1.82, 2.24) is 9.55 Å². The Morgan fingerprint density at radius 3 is 2.75 bits per heavy atom. The van der Waals surface area contributed by atoms with E-state index in [1.807, 2.05) is 6.07 Å². The number of nitrogens with one attached hydrogen (secondary N) is 2. The van der Waals surface area contributed by atoms with Crippen molar-refractivity contribution in [3.63, 3.8) is 0 Å². The quantitative estimate of drug-likeness (QED) is 0.615. The molecule has 0 aliphatic heterocycles. The zero-order chi connectivity index (χ0) is 20.1. The molecule has 146 valence electrons. The second-order valence-corrected chi connectivity index (χ2v) is 6.55. The van der Waals surface area contributed by atoms with E-state index in [1.54, 1.807) is 42.5 Å². The number of carbonyl (C=O) groups excluding carboxylic acids is 1. The van der Waals surface area contributed by atoms with Crippen LogP contribution >= 0.6 is 0 Å². The monoisotopic (exact) mass is 381 g/mol. The van der Waals surface area contributed by atoms with Gasteiger partial charge in [-0.25, -0.2) is 9.36 Å². The van der Waals surface area contributed by atoms with Crippen LogP contribution in [0.1, 0.15) is 32.7 Å². The first-order valence-electron chi connectivity index (χ1n) is 9.28. The Morgan fingerprint density at radius 1 is 1.18 bits per heavy atom. The van der Waals surface area contributed by atoms with Crippen molar-refractivity contribution in [3.8, 4) is 5.75 Å². The van der Waals surface area contributed by atoms with Gasteiger partial charge in [0.2, 0.25) is 5.91 Å². The number of para-hydroxylation sites is 1. The number of unbranched alkanes of at least 4 members (excludes halogenated alkanes) is 1. The van der Waals surface area contributed by atoms with Gasteiger partial charge in [0.1, 0.15) is 11.8 Å². The molecule has 3 aromatic rings. The van der Waals surface area contributed by atoms with Crippen molar-refractivity contribution in [2.45, 2.75) is 32.7 Å². The number of rotatable bonds is 7. The predicted octanol–water partition coefficient (Wildman–Crippen LogP) is 3.07. The molecule has 2 aromatic carbocycles. The number of benzene rings is 2. The van der Waals surface area contributed by atoms with E-state index < -0.39 is 23.2 Å². The van der Waals surface area contributed by atoms with Crippen LogP contribution in [0.15, 0.2) is 58.1 Å². The second kappa shape index (κ2) is 8.56. The largest absolute Gasteiger partial charge is 0.494 e. The third kappa shape index (κ3) is 4.14. The molecule has 2 N–H and O–H groups in total. The van der Waals surface area contributed by atoms with Gasteiger partial charge in [-0.05, 0) is 37.6 Å². The number of ether oxygens (including phenoxy) is 1. The number of amides is 1. The SMILES string of the molecule is CCCCOc1cccc(NC(=O)C(C)n2c(=O)[nH]c3ccccc3c2=O)c1. The fourth-order valence-electron chi connectivity index (χ4n) is 2.89. The average molecular weight is 381 g/mol. The Morgan fingerprint density at radius 2 is 1.96 bits per heavy atom. The van der Waals surface area contributed by atoms with Crippen molar-refractivity contribution in [2.75, 3.05) is 11.9 Å². The minimum Gasteiger partial charge on any atom is -0.494 e. The van der Waals surface area contributed by atoms with Crippen LogP contribution in [0.5, 0.6) is 5.75 Å². The number of hydrogen-bond acceptors (Lipinski definition) is 4. The molecule has 0 saturated heterocycles. The Labute approximate surface area is 162 Å². The van der Waals surface area contributed by atoms with Crippen molar-refractivity contribution >= 4 is 22.5 Å². The smallest absolute Gasteiger partial charge is 0.329 e. The van der Waals surface area contributed by atoms with E-state index in [4.69, 9.17) is 4.74 Å². The van der Waals surface area contributed by atoms with E-state index in [9.17, 15) is 14.4 Å². The molecule has 1 aromatic heterocycles. The minimum absolute atomic E-state index is 0.355. The van der Waals surface area contributed by atoms with E-state index in [0.29, 0.717) is 28.9 Å². The number of anilines is 1. The topological polar surface area (TPSA) is 93.2 Å². The molecule has 0 aliphatic carbocycles. The first-order valence-corrected chi connectivity index (χ1v) is 9.28. The number of H-pyrrole nitrogens is 1. The number of nitrogens with zero attached hydrogens (tertiary/aromatic N) is 1. The van der Waals surface area contributed by atoms with Gasteiger partial charge < -0.3 is 15.0 Å². The van der Waals surface area contributed by atoms with Crippen molar-refractivity contribution in [1.29, 1.82) is 0 Å². The third-order valence-electron chi connectivity index (χ3n) is 4.47. The molecule has 0 radical (unpaired) electrons. The van der Waals surface area contributed by atoms with Gasteiger partial charge >= 0.3 is 5.69 Å². The Hall–Kier alpha value is -3.35. The highest BCUT2D eigenvalue weighted by Crippen LogP contribution is 2.19. The maximum absolute atomic E-state index is 12.7. The lowest BCUT2D eigenvalue weighted by molar-refractivity contribution is -0.119. The fraction of sp³-hybridized carbons (Fsp3) is 0.286. The van der Waals surface area contributed by atoms with Gasteiger partial charge in [0, 0.05) is 11.8 Å². The normalized spacial score (nSPS) is 11.9. The van der Waals surface area contributed by atoms with Crippen LogP contribution in [-0.2, 0) is 4.79 Å². The molecule has 0 saturated carbocycles. The molecule has 1 amide bonds. The fourth-order valence-corrected chi connectivity index (χ4v) is 2.89. The summed E-state index contributed by atoms with van der Waals surface area (Å²) in [6.45, 7) is 4.20. The van der Waals surface area contributed by atoms with Gasteiger partial charge in [0.25, 0.3) is 5.56 Å². The van der Waals surface area contributed by atoms with Crippen LogP contribution in [0, 0.1) is 0 Å². The zero-order valence-corrected chi connectivity index (χ0v) is 15.9. The predicted molar refractivity (Wildman–Crippen MR) is 109 cm³/mol. The molecule has 7 heteroatoms. The number of fused-ring (bicyclic) bond motifs is 1. The van der Waals surface area contributed by atoms with Gasteiger partial charge in [-0.15, -0.1) is 0 Å². The van der Waals surface area contributed by atoms with E-state index >= 15 is 0 Å². The summed E-state index contributed by atoms with van der Waals surface area (Å²) in [4.78, 5) is 40.4. The summed E-state index contributed by atoms with van der Waals surface area (Å²) >= 11 is 0. The van der Waals surface area contributed by atoms with E-state index in [2.05, 4.69) is 17.2 Å². The van der Waals surface area contributed by atoms with Crippen LogP contribution in [0.4, 0.5) is 5.69 Å². The van der Waals surface area contributed by atoms with Crippen LogP contribution in [-0.4, -0.2) is 22.1 Å². The molecule has 7 nitrogen and oxygen atoms in total. The molecular formula is C21H23N3O4. The van der Waals surface area contributed by atoms with Gasteiger partial charge in [-0.1, -0.05) is 31.5 Å². The summed E-state index contributed by atoms with van der Waals surface area (Å²) < 4.78 is 6.57. The highest BCUT2D eigenvalue weighted by Gasteiger charge is 2.20. The Balaban J connectivity index is 1.82. The lowest BCUT2D eigenvalue weighted by Gasteiger charge is -2.15. The number of aromatic nitrogens is 2. The maximum Gasteiger partial charge on any atom is 0.329 e. The Kier molecular flexibility index (Phi) is 5.93. The molecule has 0 bridgehead atoms. The highest BCUT2D eigenvalue weighted by atomic mass is 16.5. The lowest BCUT2D eigenvalue weighted by atomic mass is 10.2. The molecule has 0 aliphatic rings. The van der Waals surface area contributed by atoms with Gasteiger partial charge in [-0.2, -0.15) is 0 Å². The van der Waals surface area contributed by atoms with Crippen LogP contribution in [0.2, 0.25) is 0 Å². The summed E-state index contributed by atoms with van der Waals surface area (Å²) in [5, 5.41) is 3.10. The first kappa shape index (κ1) is 19.4. The second-order valence-electron chi connectivity index (χ2n) is 6.55. The van der Waals surface area contributed by atoms with Gasteiger partial charge in [0.15, 0.2) is 0 Å². The van der Waals surface area contributed by atoms with Crippen molar-refractivity contribution in [2.24, 2.45) is 0 Å². The molecule has 1 heterocycles. The Bertz CT molecular complexity index is 1100. The molecule has 1 atom stereocenters. The lowest BCUT2D eigenvalue weighted by Crippen LogP contribution is -2.41. The summed E-state index contributed by atoms with van der Waals surface area (Å²) in [5.41, 5.74) is -0.143. The van der Waals surface area contributed by atoms with Gasteiger partial charge in [-0.3, -0.25) is 9.59 Å². The summed E-state index contributed by atoms with van der Waals surface area (Å²) in [7, 11) is 0. The first-order chi connectivity index (χ1) is 13.5. The molecular weight excluding hydrogens is 358 g/mol. The summed E-state index contributed by atoms with van der Waals surface area (Å²) in [6, 6.07) is 12.8. The molecule has 0 spiro atoms. The van der Waals surface area contributed by atoms with Crippen molar-refractivity contribution < 1.29 is 9.53 Å². The highest BCUT2D eigenvalue weighted by molar-refractivity contribution is 5.93.